The smallest absolute Gasteiger partial charge is 0.116 e. The van der Waals surface area contributed by atoms with E-state index in [4.69, 9.17) is 12.6 Å². The summed E-state index contributed by atoms with van der Waals surface area (Å²) in [4.78, 5) is 0.611. The first-order valence-corrected chi connectivity index (χ1v) is 3.06. The Balaban J connectivity index is 3.01. The molecule has 0 aliphatic rings. The first-order chi connectivity index (χ1) is 4.34. The van der Waals surface area contributed by atoms with Crippen LogP contribution in [0.1, 0.15) is 5.56 Å². The van der Waals surface area contributed by atoms with E-state index in [0.717, 1.165) is 0 Å². The molecule has 0 amide bonds. The van der Waals surface area contributed by atoms with E-state index in [-0.39, 0.29) is 0 Å². The van der Waals surface area contributed by atoms with E-state index in [1.807, 2.05) is 6.07 Å². The number of halogens is 1. The van der Waals surface area contributed by atoms with Gasteiger partial charge in [-0.05, 0) is 6.07 Å². The van der Waals surface area contributed by atoms with Crippen molar-refractivity contribution in [2.24, 2.45) is 0 Å². The highest BCUT2D eigenvalue weighted by Crippen LogP contribution is 2.12. The lowest BCUT2D eigenvalue weighted by Gasteiger charge is -1.94. The van der Waals surface area contributed by atoms with Gasteiger partial charge in [0.15, 0.2) is 0 Å². The monoisotopic (exact) mass is 141 g/mol. The third-order valence-corrected chi connectivity index (χ3v) is 1.51. The molecule has 9 heavy (non-hydrogen) atoms. The molecule has 2 heteroatoms. The zero-order valence-corrected chi connectivity index (χ0v) is 5.62. The Morgan fingerprint density at radius 2 is 2.00 bits per heavy atom. The van der Waals surface area contributed by atoms with Gasteiger partial charge in [-0.25, -0.2) is 4.39 Å². The second-order valence-corrected chi connectivity index (χ2v) is 2.18. The summed E-state index contributed by atoms with van der Waals surface area (Å²) in [5, 5.41) is 0. The van der Waals surface area contributed by atoms with Crippen LogP contribution in [0.2, 0.25) is 0 Å². The predicted molar refractivity (Wildman–Crippen MR) is 37.1 cm³/mol. The molecule has 0 saturated heterocycles. The van der Waals surface area contributed by atoms with E-state index < -0.39 is 6.67 Å². The molecule has 0 atom stereocenters. The molecule has 0 aliphatic heterocycles. The normalized spacial score (nSPS) is 9.44. The summed E-state index contributed by atoms with van der Waals surface area (Å²) >= 11 is 4.81. The number of hydrogen-bond acceptors (Lipinski definition) is 0. The zero-order chi connectivity index (χ0) is 6.69. The van der Waals surface area contributed by atoms with E-state index >= 15 is 0 Å². The fourth-order valence-corrected chi connectivity index (χ4v) is 0.815. The van der Waals surface area contributed by atoms with E-state index in [9.17, 15) is 4.39 Å². The first-order valence-electron chi connectivity index (χ1n) is 2.65. The molecule has 0 fully saturated rings. The molecule has 0 unspecified atom stereocenters. The number of benzene rings is 1. The summed E-state index contributed by atoms with van der Waals surface area (Å²) in [5.41, 5.74) is 0.604. The molecule has 1 aromatic carbocycles. The van der Waals surface area contributed by atoms with Crippen LogP contribution < -0.4 is 0 Å². The van der Waals surface area contributed by atoms with Gasteiger partial charge < -0.3 is 0 Å². The van der Waals surface area contributed by atoms with Gasteiger partial charge in [0.25, 0.3) is 0 Å². The minimum absolute atomic E-state index is 0.459. The van der Waals surface area contributed by atoms with Crippen LogP contribution in [0.5, 0.6) is 0 Å². The van der Waals surface area contributed by atoms with Crippen molar-refractivity contribution in [1.82, 2.24) is 0 Å². The maximum Gasteiger partial charge on any atom is 0.116 e. The zero-order valence-electron chi connectivity index (χ0n) is 4.80. The molecule has 0 aliphatic carbocycles. The minimum Gasteiger partial charge on any atom is -0.246 e. The SMILES string of the molecule is FCc1ccccc1[S]. The molecule has 1 aromatic rings. The summed E-state index contributed by atoms with van der Waals surface area (Å²) in [5.74, 6) is 0. The number of rotatable bonds is 1. The van der Waals surface area contributed by atoms with Crippen LogP contribution in [-0.2, 0) is 6.67 Å². The van der Waals surface area contributed by atoms with Crippen LogP contribution in [-0.4, -0.2) is 0 Å². The van der Waals surface area contributed by atoms with Crippen molar-refractivity contribution in [3.05, 3.63) is 29.8 Å². The third-order valence-electron chi connectivity index (χ3n) is 1.12. The van der Waals surface area contributed by atoms with Crippen molar-refractivity contribution in [3.63, 3.8) is 0 Å². The van der Waals surface area contributed by atoms with Gasteiger partial charge in [0.1, 0.15) is 6.67 Å². The van der Waals surface area contributed by atoms with Crippen molar-refractivity contribution in [2.75, 3.05) is 0 Å². The molecular weight excluding hydrogens is 135 g/mol. The van der Waals surface area contributed by atoms with Gasteiger partial charge in [0, 0.05) is 10.5 Å². The van der Waals surface area contributed by atoms with Gasteiger partial charge >= 0.3 is 0 Å². The van der Waals surface area contributed by atoms with Crippen LogP contribution in [0.25, 0.3) is 0 Å². The molecule has 0 heterocycles. The minimum atomic E-state index is -0.459. The van der Waals surface area contributed by atoms with Gasteiger partial charge in [-0.2, -0.15) is 0 Å². The summed E-state index contributed by atoms with van der Waals surface area (Å²) in [7, 11) is 0. The predicted octanol–water partition coefficient (Wildman–Crippen LogP) is 2.71. The van der Waals surface area contributed by atoms with Crippen molar-refractivity contribution < 1.29 is 4.39 Å². The maximum atomic E-state index is 11.9. The highest BCUT2D eigenvalue weighted by molar-refractivity contribution is 7.80. The molecule has 1 rings (SSSR count). The van der Waals surface area contributed by atoms with Crippen LogP contribution in [0, 0.1) is 0 Å². The van der Waals surface area contributed by atoms with E-state index in [2.05, 4.69) is 0 Å². The topological polar surface area (TPSA) is 0 Å². The maximum absolute atomic E-state index is 11.9. The van der Waals surface area contributed by atoms with E-state index in [0.29, 0.717) is 10.5 Å². The van der Waals surface area contributed by atoms with E-state index in [1.165, 1.54) is 0 Å². The fourth-order valence-electron chi connectivity index (χ4n) is 0.614. The van der Waals surface area contributed by atoms with Crippen LogP contribution in [0.4, 0.5) is 4.39 Å². The Morgan fingerprint density at radius 1 is 1.33 bits per heavy atom. The standard InChI is InChI=1S/C7H6FS/c8-5-6-3-1-2-4-7(6)9/h1-4H,5H2. The van der Waals surface area contributed by atoms with Gasteiger partial charge in [0.05, 0.1) is 0 Å². The number of alkyl halides is 1. The molecule has 0 N–H and O–H groups in total. The molecule has 1 radical (unpaired) electrons. The van der Waals surface area contributed by atoms with Crippen LogP contribution in [0.15, 0.2) is 29.2 Å². The molecular formula is C7H6FS. The van der Waals surface area contributed by atoms with Gasteiger partial charge in [-0.3, -0.25) is 0 Å². The van der Waals surface area contributed by atoms with Gasteiger partial charge in [0.2, 0.25) is 0 Å². The Bertz CT molecular complexity index is 198. The largest absolute Gasteiger partial charge is 0.246 e. The van der Waals surface area contributed by atoms with E-state index in [1.54, 1.807) is 18.2 Å². The Morgan fingerprint density at radius 3 is 2.44 bits per heavy atom. The molecule has 0 aromatic heterocycles. The van der Waals surface area contributed by atoms with Gasteiger partial charge in [-0.1, -0.05) is 30.8 Å². The number of hydrogen-bond donors (Lipinski definition) is 0. The van der Waals surface area contributed by atoms with Crippen molar-refractivity contribution in [2.45, 2.75) is 11.6 Å². The van der Waals surface area contributed by atoms with Crippen molar-refractivity contribution >= 4 is 12.6 Å². The van der Waals surface area contributed by atoms with Crippen molar-refractivity contribution in [3.8, 4) is 0 Å². The summed E-state index contributed by atoms with van der Waals surface area (Å²) in [6.07, 6.45) is 0. The highest BCUT2D eigenvalue weighted by atomic mass is 32.1. The molecule has 0 nitrogen and oxygen atoms in total. The third kappa shape index (κ3) is 1.39. The molecule has 0 bridgehead atoms. The van der Waals surface area contributed by atoms with Crippen molar-refractivity contribution in [1.29, 1.82) is 0 Å². The molecule has 47 valence electrons. The summed E-state index contributed by atoms with van der Waals surface area (Å²) in [6.45, 7) is -0.459. The lowest BCUT2D eigenvalue weighted by atomic mass is 10.2. The quantitative estimate of drug-likeness (QED) is 0.564. The summed E-state index contributed by atoms with van der Waals surface area (Å²) < 4.78 is 11.9. The highest BCUT2D eigenvalue weighted by Gasteiger charge is 1.94. The average Bonchev–Trinajstić information content (AvgIpc) is 1.89. The van der Waals surface area contributed by atoms with Gasteiger partial charge in [-0.15, -0.1) is 0 Å². The fraction of sp³-hybridized carbons (Fsp3) is 0.143. The molecule has 0 spiro atoms. The lowest BCUT2D eigenvalue weighted by molar-refractivity contribution is 0.480. The van der Waals surface area contributed by atoms with Crippen LogP contribution in [0.3, 0.4) is 0 Å². The average molecular weight is 141 g/mol. The Hall–Kier alpha value is -0.630. The second-order valence-electron chi connectivity index (χ2n) is 1.74. The second kappa shape index (κ2) is 2.78. The molecule has 0 saturated carbocycles. The van der Waals surface area contributed by atoms with Crippen LogP contribution >= 0.6 is 12.6 Å². The Kier molecular flexibility index (Phi) is 2.01. The Labute approximate surface area is 59.1 Å². The summed E-state index contributed by atoms with van der Waals surface area (Å²) in [6, 6.07) is 7.01. The lowest BCUT2D eigenvalue weighted by Crippen LogP contribution is -1.78. The first kappa shape index (κ1) is 6.49.